The molecule has 0 aromatic rings. The summed E-state index contributed by atoms with van der Waals surface area (Å²) in [7, 11) is 0. The maximum Gasteiger partial charge on any atom is 0.153 e. The summed E-state index contributed by atoms with van der Waals surface area (Å²) in [6.07, 6.45) is 5.50. The molecular weight excluding hydrogens is 174 g/mol. The first-order chi connectivity index (χ1) is 6.57. The minimum atomic E-state index is -0.00931. The van der Waals surface area contributed by atoms with E-state index in [2.05, 4.69) is 19.2 Å². The summed E-state index contributed by atoms with van der Waals surface area (Å²) in [5.74, 6) is 0.965. The zero-order chi connectivity index (χ0) is 11.0. The van der Waals surface area contributed by atoms with Crippen LogP contribution in [0, 0.1) is 5.92 Å². The first-order valence-corrected chi connectivity index (χ1v) is 5.45. The monoisotopic (exact) mass is 197 g/mol. The minimum absolute atomic E-state index is 0.00931. The maximum atomic E-state index is 11.5. The SMILES string of the molecule is C/C=C\CC(=O)[C@H](C)NCCC(C)C. The van der Waals surface area contributed by atoms with Gasteiger partial charge in [-0.3, -0.25) is 4.79 Å². The van der Waals surface area contributed by atoms with Crippen molar-refractivity contribution in [2.24, 2.45) is 5.92 Å². The van der Waals surface area contributed by atoms with Crippen molar-refractivity contribution in [3.63, 3.8) is 0 Å². The summed E-state index contributed by atoms with van der Waals surface area (Å²) in [5.41, 5.74) is 0. The zero-order valence-electron chi connectivity index (χ0n) is 9.84. The van der Waals surface area contributed by atoms with Crippen molar-refractivity contribution >= 4 is 5.78 Å². The molecule has 0 heterocycles. The van der Waals surface area contributed by atoms with Crippen LogP contribution in [-0.2, 0) is 4.79 Å². The van der Waals surface area contributed by atoms with Crippen molar-refractivity contribution in [3.05, 3.63) is 12.2 Å². The number of carbonyl (C=O) groups excluding carboxylic acids is 1. The Morgan fingerprint density at radius 2 is 2.00 bits per heavy atom. The first-order valence-electron chi connectivity index (χ1n) is 5.45. The van der Waals surface area contributed by atoms with Crippen molar-refractivity contribution in [2.45, 2.75) is 46.6 Å². The van der Waals surface area contributed by atoms with Crippen molar-refractivity contribution in [1.29, 1.82) is 0 Å². The number of carbonyl (C=O) groups is 1. The lowest BCUT2D eigenvalue weighted by molar-refractivity contribution is -0.119. The number of ketones is 1. The van der Waals surface area contributed by atoms with E-state index >= 15 is 0 Å². The molecule has 1 N–H and O–H groups in total. The number of allylic oxidation sites excluding steroid dienone is 2. The summed E-state index contributed by atoms with van der Waals surface area (Å²) >= 11 is 0. The molecule has 2 heteroatoms. The molecule has 0 unspecified atom stereocenters. The van der Waals surface area contributed by atoms with Gasteiger partial charge in [0.05, 0.1) is 6.04 Å². The van der Waals surface area contributed by atoms with Crippen LogP contribution in [0.15, 0.2) is 12.2 Å². The van der Waals surface area contributed by atoms with Crippen LogP contribution in [0.3, 0.4) is 0 Å². The van der Waals surface area contributed by atoms with Gasteiger partial charge >= 0.3 is 0 Å². The fourth-order valence-electron chi connectivity index (χ4n) is 1.11. The fraction of sp³-hybridized carbons (Fsp3) is 0.750. The molecule has 0 radical (unpaired) electrons. The van der Waals surface area contributed by atoms with Crippen molar-refractivity contribution in [2.75, 3.05) is 6.54 Å². The second-order valence-electron chi connectivity index (χ2n) is 4.10. The molecule has 1 atom stereocenters. The maximum absolute atomic E-state index is 11.5. The zero-order valence-corrected chi connectivity index (χ0v) is 9.84. The predicted molar refractivity (Wildman–Crippen MR) is 61.4 cm³/mol. The molecular formula is C12H23NO. The normalized spacial score (nSPS) is 13.8. The second kappa shape index (κ2) is 7.74. The number of hydrogen-bond donors (Lipinski definition) is 1. The lowest BCUT2D eigenvalue weighted by Gasteiger charge is -2.12. The highest BCUT2D eigenvalue weighted by molar-refractivity contribution is 5.84. The van der Waals surface area contributed by atoms with E-state index in [4.69, 9.17) is 0 Å². The molecule has 0 spiro atoms. The van der Waals surface area contributed by atoms with E-state index in [1.54, 1.807) is 0 Å². The molecule has 0 aliphatic carbocycles. The molecule has 0 rings (SSSR count). The van der Waals surface area contributed by atoms with Gasteiger partial charge in [0, 0.05) is 6.42 Å². The Labute approximate surface area is 87.8 Å². The van der Waals surface area contributed by atoms with Gasteiger partial charge in [-0.25, -0.2) is 0 Å². The minimum Gasteiger partial charge on any atom is -0.308 e. The van der Waals surface area contributed by atoms with E-state index in [1.807, 2.05) is 26.0 Å². The standard InChI is InChI=1S/C12H23NO/c1-5-6-7-12(14)11(4)13-9-8-10(2)3/h5-6,10-11,13H,7-9H2,1-4H3/b6-5-/t11-/m0/s1. The molecule has 0 aliphatic heterocycles. The molecule has 0 saturated heterocycles. The van der Waals surface area contributed by atoms with Crippen LogP contribution in [0.1, 0.15) is 40.5 Å². The van der Waals surface area contributed by atoms with Gasteiger partial charge < -0.3 is 5.32 Å². The molecule has 0 saturated carbocycles. The Balaban J connectivity index is 3.62. The van der Waals surface area contributed by atoms with E-state index in [9.17, 15) is 4.79 Å². The number of Topliss-reactive ketones (excluding diaryl/α,β-unsaturated/α-hetero) is 1. The van der Waals surface area contributed by atoms with Gasteiger partial charge in [-0.1, -0.05) is 26.0 Å². The van der Waals surface area contributed by atoms with Gasteiger partial charge in [0.15, 0.2) is 5.78 Å². The Hall–Kier alpha value is -0.630. The van der Waals surface area contributed by atoms with Crippen molar-refractivity contribution < 1.29 is 4.79 Å². The van der Waals surface area contributed by atoms with Gasteiger partial charge in [-0.2, -0.15) is 0 Å². The van der Waals surface area contributed by atoms with Gasteiger partial charge in [-0.15, -0.1) is 0 Å². The molecule has 0 aromatic carbocycles. The molecule has 82 valence electrons. The largest absolute Gasteiger partial charge is 0.308 e. The third-order valence-electron chi connectivity index (χ3n) is 2.21. The van der Waals surface area contributed by atoms with Crippen molar-refractivity contribution in [1.82, 2.24) is 5.32 Å². The Morgan fingerprint density at radius 3 is 2.50 bits per heavy atom. The topological polar surface area (TPSA) is 29.1 Å². The molecule has 0 amide bonds. The summed E-state index contributed by atoms with van der Waals surface area (Å²) in [5, 5.41) is 3.24. The second-order valence-corrected chi connectivity index (χ2v) is 4.10. The van der Waals surface area contributed by atoms with E-state index < -0.39 is 0 Å². The van der Waals surface area contributed by atoms with Gasteiger partial charge in [0.25, 0.3) is 0 Å². The number of rotatable bonds is 7. The van der Waals surface area contributed by atoms with Gasteiger partial charge in [0.1, 0.15) is 0 Å². The summed E-state index contributed by atoms with van der Waals surface area (Å²) in [6, 6.07) is -0.00931. The highest BCUT2D eigenvalue weighted by Crippen LogP contribution is 1.98. The highest BCUT2D eigenvalue weighted by Gasteiger charge is 2.09. The number of nitrogens with one attached hydrogen (secondary N) is 1. The summed E-state index contributed by atoms with van der Waals surface area (Å²) < 4.78 is 0. The Bertz CT molecular complexity index is 185. The van der Waals surface area contributed by atoms with Crippen LogP contribution in [0.5, 0.6) is 0 Å². The van der Waals surface area contributed by atoms with E-state index in [0.29, 0.717) is 12.3 Å². The average Bonchev–Trinajstić information content (AvgIpc) is 2.13. The third kappa shape index (κ3) is 6.84. The fourth-order valence-corrected chi connectivity index (χ4v) is 1.11. The lowest BCUT2D eigenvalue weighted by atomic mass is 10.1. The molecule has 0 aliphatic rings. The third-order valence-corrected chi connectivity index (χ3v) is 2.21. The van der Waals surface area contributed by atoms with Crippen molar-refractivity contribution in [3.8, 4) is 0 Å². The van der Waals surface area contributed by atoms with Gasteiger partial charge in [0.2, 0.25) is 0 Å². The lowest BCUT2D eigenvalue weighted by Crippen LogP contribution is -2.34. The number of hydrogen-bond acceptors (Lipinski definition) is 2. The average molecular weight is 197 g/mol. The molecule has 2 nitrogen and oxygen atoms in total. The molecule has 14 heavy (non-hydrogen) atoms. The van der Waals surface area contributed by atoms with E-state index in [1.165, 1.54) is 0 Å². The summed E-state index contributed by atoms with van der Waals surface area (Å²) in [6.45, 7) is 9.18. The molecule has 0 fully saturated rings. The van der Waals surface area contributed by atoms with Gasteiger partial charge in [-0.05, 0) is 32.7 Å². The Morgan fingerprint density at radius 1 is 1.36 bits per heavy atom. The predicted octanol–water partition coefficient (Wildman–Crippen LogP) is 2.55. The highest BCUT2D eigenvalue weighted by atomic mass is 16.1. The van der Waals surface area contributed by atoms with E-state index in [0.717, 1.165) is 13.0 Å². The quantitative estimate of drug-likeness (QED) is 0.635. The van der Waals surface area contributed by atoms with Crippen LogP contribution in [0.25, 0.3) is 0 Å². The van der Waals surface area contributed by atoms with Crippen LogP contribution >= 0.6 is 0 Å². The Kier molecular flexibility index (Phi) is 7.40. The van der Waals surface area contributed by atoms with Crippen LogP contribution in [0.4, 0.5) is 0 Å². The molecule has 0 bridgehead atoms. The summed E-state index contributed by atoms with van der Waals surface area (Å²) in [4.78, 5) is 11.5. The van der Waals surface area contributed by atoms with Crippen LogP contribution in [-0.4, -0.2) is 18.4 Å². The smallest absolute Gasteiger partial charge is 0.153 e. The first kappa shape index (κ1) is 13.4. The van der Waals surface area contributed by atoms with Crippen LogP contribution < -0.4 is 5.32 Å². The van der Waals surface area contributed by atoms with E-state index in [-0.39, 0.29) is 11.8 Å². The molecule has 0 aromatic heterocycles. The van der Waals surface area contributed by atoms with Crippen LogP contribution in [0.2, 0.25) is 0 Å².